The minimum absolute atomic E-state index is 0.0247. The van der Waals surface area contributed by atoms with Crippen LogP contribution in [0.1, 0.15) is 30.1 Å². The predicted octanol–water partition coefficient (Wildman–Crippen LogP) is 2.88. The van der Waals surface area contributed by atoms with Gasteiger partial charge in [-0.1, -0.05) is 12.7 Å². The number of ether oxygens (including phenoxy) is 2. The highest BCUT2D eigenvalue weighted by atomic mass is 16.5. The molecule has 0 aliphatic carbocycles. The largest absolute Gasteiger partial charge is 0.497 e. The average Bonchev–Trinajstić information content (AvgIpc) is 2.90. The molecule has 1 heterocycles. The number of hydrogen-bond acceptors (Lipinski definition) is 3. The zero-order valence-electron chi connectivity index (χ0n) is 12.1. The number of rotatable bonds is 5. The van der Waals surface area contributed by atoms with Gasteiger partial charge in [0, 0.05) is 18.7 Å². The summed E-state index contributed by atoms with van der Waals surface area (Å²) in [6.45, 7) is 6.89. The van der Waals surface area contributed by atoms with Crippen LogP contribution in [0.4, 0.5) is 0 Å². The SMILES string of the molecule is C=CCOc1cc(OC)ccc1C(=O)N1CCC[C@H]1C. The van der Waals surface area contributed by atoms with E-state index in [9.17, 15) is 4.79 Å². The van der Waals surface area contributed by atoms with Crippen molar-refractivity contribution >= 4 is 5.91 Å². The first-order valence-electron chi connectivity index (χ1n) is 6.90. The van der Waals surface area contributed by atoms with Gasteiger partial charge in [0.25, 0.3) is 5.91 Å². The zero-order chi connectivity index (χ0) is 14.5. The molecule has 1 amide bonds. The Morgan fingerprint density at radius 2 is 2.35 bits per heavy atom. The number of nitrogens with zero attached hydrogens (tertiary/aromatic N) is 1. The van der Waals surface area contributed by atoms with Crippen molar-refractivity contribution in [2.75, 3.05) is 20.3 Å². The van der Waals surface area contributed by atoms with Crippen LogP contribution in [-0.4, -0.2) is 37.1 Å². The third kappa shape index (κ3) is 2.95. The van der Waals surface area contributed by atoms with Gasteiger partial charge in [0.15, 0.2) is 0 Å². The Morgan fingerprint density at radius 3 is 2.95 bits per heavy atom. The Kier molecular flexibility index (Phi) is 4.66. The molecule has 1 aliphatic rings. The summed E-state index contributed by atoms with van der Waals surface area (Å²) in [6.07, 6.45) is 3.78. The first kappa shape index (κ1) is 14.4. The smallest absolute Gasteiger partial charge is 0.257 e. The lowest BCUT2D eigenvalue weighted by Crippen LogP contribution is -2.33. The topological polar surface area (TPSA) is 38.8 Å². The van der Waals surface area contributed by atoms with E-state index in [2.05, 4.69) is 13.5 Å². The maximum Gasteiger partial charge on any atom is 0.257 e. The highest BCUT2D eigenvalue weighted by molar-refractivity contribution is 5.97. The van der Waals surface area contributed by atoms with Crippen molar-refractivity contribution < 1.29 is 14.3 Å². The average molecular weight is 275 g/mol. The van der Waals surface area contributed by atoms with Gasteiger partial charge in [0.05, 0.1) is 12.7 Å². The molecule has 108 valence electrons. The Balaban J connectivity index is 2.28. The zero-order valence-corrected chi connectivity index (χ0v) is 12.1. The lowest BCUT2D eigenvalue weighted by Gasteiger charge is -2.22. The Hall–Kier alpha value is -1.97. The fraction of sp³-hybridized carbons (Fsp3) is 0.438. The Bertz CT molecular complexity index is 498. The minimum Gasteiger partial charge on any atom is -0.497 e. The number of hydrogen-bond donors (Lipinski definition) is 0. The molecule has 1 aromatic rings. The van der Waals surface area contributed by atoms with Gasteiger partial charge in [-0.15, -0.1) is 0 Å². The summed E-state index contributed by atoms with van der Waals surface area (Å²) >= 11 is 0. The fourth-order valence-corrected chi connectivity index (χ4v) is 2.46. The van der Waals surface area contributed by atoms with Gasteiger partial charge in [-0.05, 0) is 31.9 Å². The summed E-state index contributed by atoms with van der Waals surface area (Å²) in [7, 11) is 1.59. The monoisotopic (exact) mass is 275 g/mol. The third-order valence-electron chi connectivity index (χ3n) is 3.59. The maximum absolute atomic E-state index is 12.6. The summed E-state index contributed by atoms with van der Waals surface area (Å²) in [6, 6.07) is 5.59. The number of likely N-dealkylation sites (tertiary alicyclic amines) is 1. The molecule has 2 rings (SSSR count). The van der Waals surface area contributed by atoms with Crippen molar-refractivity contribution in [3.8, 4) is 11.5 Å². The maximum atomic E-state index is 12.6. The van der Waals surface area contributed by atoms with Crippen molar-refractivity contribution in [3.05, 3.63) is 36.4 Å². The third-order valence-corrected chi connectivity index (χ3v) is 3.59. The van der Waals surface area contributed by atoms with Gasteiger partial charge in [0.2, 0.25) is 0 Å². The lowest BCUT2D eigenvalue weighted by molar-refractivity contribution is 0.0743. The molecule has 1 fully saturated rings. The van der Waals surface area contributed by atoms with E-state index in [0.29, 0.717) is 23.7 Å². The molecule has 1 saturated heterocycles. The van der Waals surface area contributed by atoms with E-state index in [-0.39, 0.29) is 11.9 Å². The normalized spacial score (nSPS) is 17.9. The summed E-state index contributed by atoms with van der Waals surface area (Å²) < 4.78 is 10.8. The Labute approximate surface area is 120 Å². The predicted molar refractivity (Wildman–Crippen MR) is 78.4 cm³/mol. The molecule has 1 aliphatic heterocycles. The van der Waals surface area contributed by atoms with E-state index in [4.69, 9.17) is 9.47 Å². The van der Waals surface area contributed by atoms with Crippen LogP contribution in [0.3, 0.4) is 0 Å². The second-order valence-corrected chi connectivity index (χ2v) is 4.95. The van der Waals surface area contributed by atoms with E-state index in [1.807, 2.05) is 4.90 Å². The molecule has 0 radical (unpaired) electrons. The van der Waals surface area contributed by atoms with Gasteiger partial charge < -0.3 is 14.4 Å². The van der Waals surface area contributed by atoms with Crippen molar-refractivity contribution in [1.29, 1.82) is 0 Å². The van der Waals surface area contributed by atoms with Crippen LogP contribution >= 0.6 is 0 Å². The van der Waals surface area contributed by atoms with Crippen LogP contribution < -0.4 is 9.47 Å². The van der Waals surface area contributed by atoms with E-state index in [0.717, 1.165) is 19.4 Å². The van der Waals surface area contributed by atoms with Crippen molar-refractivity contribution in [2.24, 2.45) is 0 Å². The number of benzene rings is 1. The van der Waals surface area contributed by atoms with E-state index < -0.39 is 0 Å². The molecule has 0 unspecified atom stereocenters. The van der Waals surface area contributed by atoms with Crippen LogP contribution in [0.5, 0.6) is 11.5 Å². The van der Waals surface area contributed by atoms with Crippen molar-refractivity contribution in [1.82, 2.24) is 4.90 Å². The molecule has 1 atom stereocenters. The van der Waals surface area contributed by atoms with Crippen molar-refractivity contribution in [3.63, 3.8) is 0 Å². The first-order chi connectivity index (χ1) is 9.67. The standard InChI is InChI=1S/C16H21NO3/c1-4-10-20-15-11-13(19-3)7-8-14(15)16(18)17-9-5-6-12(17)2/h4,7-8,11-12H,1,5-6,9-10H2,2-3H3/t12-/m1/s1. The van der Waals surface area contributed by atoms with E-state index in [1.165, 1.54) is 0 Å². The minimum atomic E-state index is 0.0247. The Morgan fingerprint density at radius 1 is 1.55 bits per heavy atom. The second kappa shape index (κ2) is 6.46. The van der Waals surface area contributed by atoms with Gasteiger partial charge in [-0.25, -0.2) is 0 Å². The molecule has 0 saturated carbocycles. The second-order valence-electron chi connectivity index (χ2n) is 4.95. The van der Waals surface area contributed by atoms with Gasteiger partial charge >= 0.3 is 0 Å². The highest BCUT2D eigenvalue weighted by Gasteiger charge is 2.28. The van der Waals surface area contributed by atoms with Crippen molar-refractivity contribution in [2.45, 2.75) is 25.8 Å². The molecule has 0 spiro atoms. The molecule has 4 nitrogen and oxygen atoms in total. The quantitative estimate of drug-likeness (QED) is 0.776. The molecule has 4 heteroatoms. The summed E-state index contributed by atoms with van der Waals surface area (Å²) in [5, 5.41) is 0. The molecule has 0 aromatic heterocycles. The van der Waals surface area contributed by atoms with E-state index in [1.54, 1.807) is 31.4 Å². The van der Waals surface area contributed by atoms with Crippen LogP contribution in [0.25, 0.3) is 0 Å². The number of methoxy groups -OCH3 is 1. The van der Waals surface area contributed by atoms with Crippen LogP contribution in [0.2, 0.25) is 0 Å². The molecule has 0 N–H and O–H groups in total. The van der Waals surface area contributed by atoms with Gasteiger partial charge in [0.1, 0.15) is 18.1 Å². The molecule has 1 aromatic carbocycles. The van der Waals surface area contributed by atoms with Crippen LogP contribution in [-0.2, 0) is 0 Å². The molecular formula is C16H21NO3. The summed E-state index contributed by atoms with van der Waals surface area (Å²) in [5.41, 5.74) is 0.585. The molecule has 0 bridgehead atoms. The van der Waals surface area contributed by atoms with E-state index >= 15 is 0 Å². The lowest BCUT2D eigenvalue weighted by atomic mass is 10.1. The number of amides is 1. The summed E-state index contributed by atoms with van der Waals surface area (Å²) in [4.78, 5) is 14.5. The molecule has 20 heavy (non-hydrogen) atoms. The van der Waals surface area contributed by atoms with Crippen LogP contribution in [0, 0.1) is 0 Å². The highest BCUT2D eigenvalue weighted by Crippen LogP contribution is 2.28. The van der Waals surface area contributed by atoms with Crippen LogP contribution in [0.15, 0.2) is 30.9 Å². The molecular weight excluding hydrogens is 254 g/mol. The number of carbonyl (C=O) groups is 1. The first-order valence-corrected chi connectivity index (χ1v) is 6.90. The number of carbonyl (C=O) groups excluding carboxylic acids is 1. The summed E-state index contributed by atoms with van der Waals surface area (Å²) in [5.74, 6) is 1.25. The fourth-order valence-electron chi connectivity index (χ4n) is 2.46. The van der Waals surface area contributed by atoms with Gasteiger partial charge in [-0.2, -0.15) is 0 Å². The van der Waals surface area contributed by atoms with Gasteiger partial charge in [-0.3, -0.25) is 4.79 Å².